The van der Waals surface area contributed by atoms with Gasteiger partial charge in [-0.25, -0.2) is 0 Å². The molecule has 0 saturated carbocycles. The lowest BCUT2D eigenvalue weighted by Crippen LogP contribution is -2.57. The molecule has 2 aliphatic rings. The number of unbranched alkanes of at least 4 members (excludes halogenated alkanes) is 1. The molecule has 0 radical (unpaired) electrons. The molecule has 2 atom stereocenters. The maximum absolute atomic E-state index is 12.6. The van der Waals surface area contributed by atoms with Crippen LogP contribution in [0.25, 0.3) is 0 Å². The number of likely N-dealkylation sites (tertiary alicyclic amines) is 2. The third-order valence-corrected chi connectivity index (χ3v) is 5.65. The Morgan fingerprint density at radius 2 is 2.19 bits per heavy atom. The first kappa shape index (κ1) is 18.8. The Kier molecular flexibility index (Phi) is 6.61. The quantitative estimate of drug-likeness (QED) is 0.751. The van der Waals surface area contributed by atoms with Crippen molar-refractivity contribution in [2.24, 2.45) is 5.92 Å². The Morgan fingerprint density at radius 3 is 2.96 bits per heavy atom. The molecule has 2 aliphatic heterocycles. The first-order valence-electron chi connectivity index (χ1n) is 9.76. The van der Waals surface area contributed by atoms with Crippen LogP contribution in [0.3, 0.4) is 0 Å². The molecular formula is C20H29N3O3. The number of aryl methyl sites for hydroxylation is 1. The van der Waals surface area contributed by atoms with E-state index in [-0.39, 0.29) is 24.5 Å². The van der Waals surface area contributed by atoms with E-state index in [1.165, 1.54) is 0 Å². The molecule has 142 valence electrons. The van der Waals surface area contributed by atoms with E-state index in [1.54, 1.807) is 6.20 Å². The number of carbonyl (C=O) groups excluding carboxylic acids is 2. The Labute approximate surface area is 155 Å². The maximum atomic E-state index is 12.6. The van der Waals surface area contributed by atoms with E-state index in [0.29, 0.717) is 18.8 Å². The van der Waals surface area contributed by atoms with Gasteiger partial charge in [0.05, 0.1) is 0 Å². The second kappa shape index (κ2) is 9.12. The first-order chi connectivity index (χ1) is 12.7. The molecule has 26 heavy (non-hydrogen) atoms. The molecule has 0 spiro atoms. The predicted molar refractivity (Wildman–Crippen MR) is 98.3 cm³/mol. The van der Waals surface area contributed by atoms with E-state index >= 15 is 0 Å². The molecule has 0 unspecified atom stereocenters. The fourth-order valence-corrected chi connectivity index (χ4v) is 4.22. The third-order valence-electron chi connectivity index (χ3n) is 5.65. The van der Waals surface area contributed by atoms with Gasteiger partial charge in [0.1, 0.15) is 0 Å². The molecule has 0 bridgehead atoms. The summed E-state index contributed by atoms with van der Waals surface area (Å²) in [6.07, 6.45) is 8.71. The maximum Gasteiger partial charge on any atom is 0.222 e. The van der Waals surface area contributed by atoms with Crippen LogP contribution in [0, 0.1) is 5.92 Å². The van der Waals surface area contributed by atoms with Crippen molar-refractivity contribution < 1.29 is 14.7 Å². The summed E-state index contributed by atoms with van der Waals surface area (Å²) in [5, 5.41) is 8.97. The molecule has 1 aromatic rings. The molecule has 1 aromatic heterocycles. The lowest BCUT2D eigenvalue weighted by Gasteiger charge is -2.47. The van der Waals surface area contributed by atoms with E-state index < -0.39 is 0 Å². The van der Waals surface area contributed by atoms with Crippen LogP contribution < -0.4 is 0 Å². The van der Waals surface area contributed by atoms with Crippen LogP contribution in [0.1, 0.15) is 44.1 Å². The van der Waals surface area contributed by atoms with Crippen LogP contribution in [0.15, 0.2) is 24.5 Å². The zero-order valence-electron chi connectivity index (χ0n) is 15.3. The van der Waals surface area contributed by atoms with Gasteiger partial charge in [-0.15, -0.1) is 0 Å². The van der Waals surface area contributed by atoms with Gasteiger partial charge in [-0.1, -0.05) is 6.07 Å². The van der Waals surface area contributed by atoms with E-state index in [2.05, 4.69) is 4.98 Å². The second-order valence-electron chi connectivity index (χ2n) is 7.37. The Bertz CT molecular complexity index is 608. The summed E-state index contributed by atoms with van der Waals surface area (Å²) in [7, 11) is 0. The van der Waals surface area contributed by atoms with Gasteiger partial charge in [0.25, 0.3) is 0 Å². The number of fused-ring (bicyclic) bond motifs is 1. The molecule has 1 N–H and O–H groups in total. The molecule has 2 saturated heterocycles. The van der Waals surface area contributed by atoms with E-state index in [1.807, 2.05) is 28.1 Å². The van der Waals surface area contributed by atoms with Gasteiger partial charge in [-0.05, 0) is 49.7 Å². The number of piperidine rings is 2. The summed E-state index contributed by atoms with van der Waals surface area (Å²) >= 11 is 0. The molecule has 2 amide bonds. The molecule has 0 aliphatic carbocycles. The van der Waals surface area contributed by atoms with Gasteiger partial charge in [-0.2, -0.15) is 0 Å². The fourth-order valence-electron chi connectivity index (χ4n) is 4.22. The molecule has 3 heterocycles. The largest absolute Gasteiger partial charge is 0.396 e. The third kappa shape index (κ3) is 4.61. The van der Waals surface area contributed by atoms with Crippen molar-refractivity contribution in [1.29, 1.82) is 0 Å². The zero-order valence-corrected chi connectivity index (χ0v) is 15.3. The lowest BCUT2D eigenvalue weighted by atomic mass is 9.83. The van der Waals surface area contributed by atoms with Crippen molar-refractivity contribution in [3.8, 4) is 0 Å². The van der Waals surface area contributed by atoms with Crippen LogP contribution in [-0.2, 0) is 16.0 Å². The lowest BCUT2D eigenvalue weighted by molar-refractivity contribution is -0.144. The van der Waals surface area contributed by atoms with Crippen molar-refractivity contribution >= 4 is 11.8 Å². The number of hydrogen-bond donors (Lipinski definition) is 1. The van der Waals surface area contributed by atoms with Crippen molar-refractivity contribution in [3.05, 3.63) is 30.1 Å². The second-order valence-corrected chi connectivity index (χ2v) is 7.37. The minimum Gasteiger partial charge on any atom is -0.396 e. The van der Waals surface area contributed by atoms with Crippen LogP contribution in [0.2, 0.25) is 0 Å². The number of aliphatic hydroxyl groups is 1. The highest BCUT2D eigenvalue weighted by molar-refractivity contribution is 5.78. The highest BCUT2D eigenvalue weighted by Crippen LogP contribution is 2.31. The smallest absolute Gasteiger partial charge is 0.222 e. The van der Waals surface area contributed by atoms with Crippen LogP contribution in [0.4, 0.5) is 0 Å². The molecule has 2 fully saturated rings. The number of amides is 2. The summed E-state index contributed by atoms with van der Waals surface area (Å²) in [4.78, 5) is 33.0. The van der Waals surface area contributed by atoms with Crippen molar-refractivity contribution in [2.45, 2.75) is 51.0 Å². The first-order valence-corrected chi connectivity index (χ1v) is 9.76. The topological polar surface area (TPSA) is 73.7 Å². The van der Waals surface area contributed by atoms with Crippen molar-refractivity contribution in [3.63, 3.8) is 0 Å². The highest BCUT2D eigenvalue weighted by Gasteiger charge is 2.39. The zero-order chi connectivity index (χ0) is 18.4. The predicted octanol–water partition coefficient (Wildman–Crippen LogP) is 1.63. The van der Waals surface area contributed by atoms with Crippen molar-refractivity contribution in [1.82, 2.24) is 14.8 Å². The normalized spacial score (nSPS) is 23.0. The number of nitrogens with zero attached hydrogens (tertiary/aromatic N) is 3. The summed E-state index contributed by atoms with van der Waals surface area (Å²) in [6, 6.07) is 4.16. The standard InChI is InChI=1S/C20H29N3O3/c24-13-2-1-11-23-18-9-12-22(15-17(18)6-8-20(23)26)19(25)7-5-16-4-3-10-21-14-16/h3-4,10,14,17-18,24H,1-2,5-9,11-13,15H2/t17-,18+/m0/s1. The Balaban J connectivity index is 1.52. The minimum atomic E-state index is 0.176. The van der Waals surface area contributed by atoms with Crippen LogP contribution >= 0.6 is 0 Å². The summed E-state index contributed by atoms with van der Waals surface area (Å²) in [6.45, 7) is 2.40. The average molecular weight is 359 g/mol. The number of pyridine rings is 1. The van der Waals surface area contributed by atoms with E-state index in [9.17, 15) is 9.59 Å². The highest BCUT2D eigenvalue weighted by atomic mass is 16.3. The Morgan fingerprint density at radius 1 is 1.31 bits per heavy atom. The van der Waals surface area contributed by atoms with Crippen LogP contribution in [-0.4, -0.2) is 64.0 Å². The molecule has 6 heteroatoms. The molecule has 3 rings (SSSR count). The monoisotopic (exact) mass is 359 g/mol. The number of aromatic nitrogens is 1. The van der Waals surface area contributed by atoms with Gasteiger partial charge in [-0.3, -0.25) is 14.6 Å². The molecule has 0 aromatic carbocycles. The molecule has 6 nitrogen and oxygen atoms in total. The van der Waals surface area contributed by atoms with E-state index in [4.69, 9.17) is 5.11 Å². The SMILES string of the molecule is O=C(CCc1cccnc1)N1CC[C@@H]2[C@@H](CCC(=O)N2CCCCO)C1. The van der Waals surface area contributed by atoms with Gasteiger partial charge in [0, 0.05) is 57.5 Å². The number of carbonyl (C=O) groups is 2. The van der Waals surface area contributed by atoms with Crippen molar-refractivity contribution in [2.75, 3.05) is 26.2 Å². The van der Waals surface area contributed by atoms with Gasteiger partial charge in [0.2, 0.25) is 11.8 Å². The molecular weight excluding hydrogens is 330 g/mol. The van der Waals surface area contributed by atoms with Crippen LogP contribution in [0.5, 0.6) is 0 Å². The van der Waals surface area contributed by atoms with E-state index in [0.717, 1.165) is 57.3 Å². The van der Waals surface area contributed by atoms with Gasteiger partial charge in [0.15, 0.2) is 0 Å². The average Bonchev–Trinajstić information content (AvgIpc) is 2.68. The van der Waals surface area contributed by atoms with Gasteiger partial charge < -0.3 is 14.9 Å². The Hall–Kier alpha value is -1.95. The minimum absolute atomic E-state index is 0.176. The summed E-state index contributed by atoms with van der Waals surface area (Å²) in [5.74, 6) is 0.828. The van der Waals surface area contributed by atoms with Gasteiger partial charge >= 0.3 is 0 Å². The fraction of sp³-hybridized carbons (Fsp3) is 0.650. The number of hydrogen-bond acceptors (Lipinski definition) is 4. The number of aliphatic hydroxyl groups excluding tert-OH is 1. The summed E-state index contributed by atoms with van der Waals surface area (Å²) in [5.41, 5.74) is 1.09. The number of rotatable bonds is 7. The summed E-state index contributed by atoms with van der Waals surface area (Å²) < 4.78 is 0.